The first-order valence-corrected chi connectivity index (χ1v) is 6.36. The molecule has 2 atom stereocenters. The van der Waals surface area contributed by atoms with E-state index in [0.717, 1.165) is 15.9 Å². The number of halogens is 3. The average molecular weight is 293 g/mol. The van der Waals surface area contributed by atoms with Crippen LogP contribution in [0, 0.1) is 0 Å². The van der Waals surface area contributed by atoms with E-state index in [9.17, 15) is 13.2 Å². The second kappa shape index (κ2) is 4.39. The van der Waals surface area contributed by atoms with Gasteiger partial charge in [0.15, 0.2) is 0 Å². The number of fused-ring (bicyclic) bond motifs is 1. The van der Waals surface area contributed by atoms with Crippen molar-refractivity contribution in [2.24, 2.45) is 0 Å². The fourth-order valence-corrected chi connectivity index (χ4v) is 2.95. The third-order valence-electron chi connectivity index (χ3n) is 2.98. The summed E-state index contributed by atoms with van der Waals surface area (Å²) in [7, 11) is 1.61. The molecule has 6 nitrogen and oxygen atoms in total. The van der Waals surface area contributed by atoms with Crippen LogP contribution in [0.15, 0.2) is 0 Å². The van der Waals surface area contributed by atoms with E-state index in [4.69, 9.17) is 4.74 Å². The highest BCUT2D eigenvalue weighted by atomic mass is 32.1. The normalized spacial score (nSPS) is 24.4. The van der Waals surface area contributed by atoms with Crippen molar-refractivity contribution in [1.82, 2.24) is 25.1 Å². The first-order chi connectivity index (χ1) is 8.99. The predicted octanol–water partition coefficient (Wildman–Crippen LogP) is 1.25. The molecule has 1 aliphatic rings. The summed E-state index contributed by atoms with van der Waals surface area (Å²) in [6.07, 6.45) is -3.81. The number of nitrogens with one attached hydrogen (secondary N) is 1. The van der Waals surface area contributed by atoms with E-state index in [0.29, 0.717) is 18.0 Å². The van der Waals surface area contributed by atoms with Gasteiger partial charge >= 0.3 is 6.18 Å². The van der Waals surface area contributed by atoms with E-state index < -0.39 is 12.0 Å². The number of alkyl halides is 3. The van der Waals surface area contributed by atoms with Crippen LogP contribution in [0.2, 0.25) is 0 Å². The van der Waals surface area contributed by atoms with Gasteiger partial charge < -0.3 is 10.1 Å². The molecule has 3 rings (SSSR count). The van der Waals surface area contributed by atoms with Gasteiger partial charge in [0.05, 0.1) is 12.1 Å². The zero-order chi connectivity index (χ0) is 13.6. The zero-order valence-electron chi connectivity index (χ0n) is 9.81. The lowest BCUT2D eigenvalue weighted by molar-refractivity contribution is -0.146. The van der Waals surface area contributed by atoms with Gasteiger partial charge in [0.2, 0.25) is 4.96 Å². The molecular formula is C9H10F3N5OS. The summed E-state index contributed by atoms with van der Waals surface area (Å²) in [6.45, 7) is 0.660. The largest absolute Gasteiger partial charge is 0.453 e. The van der Waals surface area contributed by atoms with Gasteiger partial charge in [-0.3, -0.25) is 0 Å². The van der Waals surface area contributed by atoms with Crippen LogP contribution in [0.1, 0.15) is 23.3 Å². The van der Waals surface area contributed by atoms with E-state index in [1.807, 2.05) is 0 Å². The maximum atomic E-state index is 12.7. The molecule has 0 bridgehead atoms. The number of nitrogens with zero attached hydrogens (tertiary/aromatic N) is 4. The predicted molar refractivity (Wildman–Crippen MR) is 59.8 cm³/mol. The second-order valence-electron chi connectivity index (χ2n) is 4.21. The van der Waals surface area contributed by atoms with Crippen molar-refractivity contribution in [1.29, 1.82) is 0 Å². The van der Waals surface area contributed by atoms with Crippen LogP contribution < -0.4 is 5.32 Å². The van der Waals surface area contributed by atoms with E-state index in [2.05, 4.69) is 20.6 Å². The van der Waals surface area contributed by atoms with Gasteiger partial charge in [0, 0.05) is 13.7 Å². The van der Waals surface area contributed by atoms with Crippen molar-refractivity contribution in [3.63, 3.8) is 0 Å². The summed E-state index contributed by atoms with van der Waals surface area (Å²) < 4.78 is 43.9. The Morgan fingerprint density at radius 3 is 2.84 bits per heavy atom. The quantitative estimate of drug-likeness (QED) is 0.903. The SMILES string of the molecule is COC1CNC(c2nn3c(C(F)(F)F)nnc3s2)C1. The molecule has 0 aromatic carbocycles. The van der Waals surface area contributed by atoms with Gasteiger partial charge in [0.25, 0.3) is 5.82 Å². The Hall–Kier alpha value is -1.26. The lowest BCUT2D eigenvalue weighted by atomic mass is 10.2. The molecule has 3 heterocycles. The first-order valence-electron chi connectivity index (χ1n) is 5.54. The standard InChI is InChI=1S/C9H10F3N5OS/c1-18-4-2-5(13-3-4)6-16-17-7(9(10,11)12)14-15-8(17)19-6/h4-5,13H,2-3H2,1H3. The van der Waals surface area contributed by atoms with E-state index in [1.54, 1.807) is 7.11 Å². The molecule has 2 unspecified atom stereocenters. The third kappa shape index (κ3) is 2.19. The molecule has 1 fully saturated rings. The molecule has 1 aliphatic heterocycles. The Kier molecular flexibility index (Phi) is 2.95. The Balaban J connectivity index is 1.93. The number of hydrogen-bond donors (Lipinski definition) is 1. The van der Waals surface area contributed by atoms with Gasteiger partial charge in [-0.25, -0.2) is 0 Å². The lowest BCUT2D eigenvalue weighted by Crippen LogP contribution is -2.16. The van der Waals surface area contributed by atoms with Crippen molar-refractivity contribution >= 4 is 16.3 Å². The van der Waals surface area contributed by atoms with Gasteiger partial charge in [-0.05, 0) is 6.42 Å². The topological polar surface area (TPSA) is 64.3 Å². The van der Waals surface area contributed by atoms with Crippen LogP contribution in [-0.2, 0) is 10.9 Å². The summed E-state index contributed by atoms with van der Waals surface area (Å²) in [5.74, 6) is -1.09. The summed E-state index contributed by atoms with van der Waals surface area (Å²) in [5.41, 5.74) is 0. The maximum absolute atomic E-state index is 12.7. The van der Waals surface area contributed by atoms with Gasteiger partial charge in [0.1, 0.15) is 5.01 Å². The second-order valence-corrected chi connectivity index (χ2v) is 5.20. The molecule has 0 saturated carbocycles. The van der Waals surface area contributed by atoms with Crippen LogP contribution in [0.25, 0.3) is 4.96 Å². The van der Waals surface area contributed by atoms with E-state index >= 15 is 0 Å². The number of rotatable bonds is 2. The van der Waals surface area contributed by atoms with Crippen LogP contribution >= 0.6 is 11.3 Å². The molecule has 2 aromatic heterocycles. The Morgan fingerprint density at radius 1 is 1.42 bits per heavy atom. The number of ether oxygens (including phenoxy) is 1. The Labute approximate surface area is 109 Å². The highest BCUT2D eigenvalue weighted by Gasteiger charge is 2.39. The molecule has 0 spiro atoms. The van der Waals surface area contributed by atoms with Crippen molar-refractivity contribution in [2.75, 3.05) is 13.7 Å². The van der Waals surface area contributed by atoms with Gasteiger partial charge in [-0.1, -0.05) is 11.3 Å². The molecule has 104 valence electrons. The third-order valence-corrected chi connectivity index (χ3v) is 3.99. The smallest absolute Gasteiger partial charge is 0.380 e. The highest BCUT2D eigenvalue weighted by molar-refractivity contribution is 7.16. The molecular weight excluding hydrogens is 283 g/mol. The van der Waals surface area contributed by atoms with Crippen LogP contribution in [-0.4, -0.2) is 39.6 Å². The van der Waals surface area contributed by atoms with Crippen LogP contribution in [0.4, 0.5) is 13.2 Å². The molecule has 0 amide bonds. The number of methoxy groups -OCH3 is 1. The zero-order valence-corrected chi connectivity index (χ0v) is 10.6. The number of hydrogen-bond acceptors (Lipinski definition) is 6. The first kappa shape index (κ1) is 12.8. The van der Waals surface area contributed by atoms with Crippen molar-refractivity contribution in [2.45, 2.75) is 24.7 Å². The summed E-state index contributed by atoms with van der Waals surface area (Å²) in [6, 6.07) is -0.0993. The monoisotopic (exact) mass is 293 g/mol. The molecule has 19 heavy (non-hydrogen) atoms. The maximum Gasteiger partial charge on any atom is 0.453 e. The fourth-order valence-electron chi connectivity index (χ4n) is 2.02. The molecule has 0 aliphatic carbocycles. The summed E-state index contributed by atoms with van der Waals surface area (Å²) in [5, 5.41) is 14.3. The molecule has 1 N–H and O–H groups in total. The van der Waals surface area contributed by atoms with E-state index in [1.165, 1.54) is 0 Å². The summed E-state index contributed by atoms with van der Waals surface area (Å²) in [4.78, 5) is 0.144. The summed E-state index contributed by atoms with van der Waals surface area (Å²) >= 11 is 1.10. The van der Waals surface area contributed by atoms with Gasteiger partial charge in [-0.15, -0.1) is 10.2 Å². The highest BCUT2D eigenvalue weighted by Crippen LogP contribution is 2.32. The van der Waals surface area contributed by atoms with Crippen LogP contribution in [0.3, 0.4) is 0 Å². The fraction of sp³-hybridized carbons (Fsp3) is 0.667. The molecule has 10 heteroatoms. The van der Waals surface area contributed by atoms with Gasteiger partial charge in [-0.2, -0.15) is 22.8 Å². The molecule has 0 radical (unpaired) electrons. The van der Waals surface area contributed by atoms with Crippen LogP contribution in [0.5, 0.6) is 0 Å². The van der Waals surface area contributed by atoms with Crippen molar-refractivity contribution in [3.05, 3.63) is 10.8 Å². The van der Waals surface area contributed by atoms with Crippen molar-refractivity contribution < 1.29 is 17.9 Å². The molecule has 1 saturated heterocycles. The Bertz CT molecular complexity index is 594. The number of aromatic nitrogens is 4. The minimum atomic E-state index is -4.55. The minimum Gasteiger partial charge on any atom is -0.380 e. The van der Waals surface area contributed by atoms with E-state index in [-0.39, 0.29) is 17.1 Å². The Morgan fingerprint density at radius 2 is 2.21 bits per heavy atom. The minimum absolute atomic E-state index is 0.0569. The average Bonchev–Trinajstić information content (AvgIpc) is 3.00. The lowest BCUT2D eigenvalue weighted by Gasteiger charge is -2.05. The molecule has 2 aromatic rings. The van der Waals surface area contributed by atoms with Crippen molar-refractivity contribution in [3.8, 4) is 0 Å².